The Bertz CT molecular complexity index is 499. The van der Waals surface area contributed by atoms with Gasteiger partial charge in [-0.2, -0.15) is 0 Å². The van der Waals surface area contributed by atoms with Crippen LogP contribution in [0.25, 0.3) is 0 Å². The van der Waals surface area contributed by atoms with E-state index in [-0.39, 0.29) is 0 Å². The van der Waals surface area contributed by atoms with Gasteiger partial charge in [0.1, 0.15) is 9.92 Å². The van der Waals surface area contributed by atoms with Crippen molar-refractivity contribution in [2.45, 2.75) is 4.90 Å². The predicted molar refractivity (Wildman–Crippen MR) is 54.4 cm³/mol. The van der Waals surface area contributed by atoms with Crippen molar-refractivity contribution in [2.24, 2.45) is 0 Å². The maximum absolute atomic E-state index is 13.1. The third-order valence-corrected chi connectivity index (χ3v) is 4.04. The fraction of sp³-hybridized carbons (Fsp3) is 0. The van der Waals surface area contributed by atoms with Crippen LogP contribution in [0.15, 0.2) is 4.90 Å². The van der Waals surface area contributed by atoms with Gasteiger partial charge in [-0.05, 0) is 0 Å². The molecule has 1 rings (SSSR count). The van der Waals surface area contributed by atoms with Gasteiger partial charge >= 0.3 is 0 Å². The summed E-state index contributed by atoms with van der Waals surface area (Å²) >= 11 is 15.7. The van der Waals surface area contributed by atoms with Crippen LogP contribution in [0.4, 0.5) is 8.78 Å². The topological polar surface area (TPSA) is 34.1 Å². The molecule has 0 atom stereocenters. The summed E-state index contributed by atoms with van der Waals surface area (Å²) in [5, 5.41) is -2.88. The largest absolute Gasteiger partial charge is 0.264 e. The van der Waals surface area contributed by atoms with Crippen LogP contribution < -0.4 is 0 Å². The molecule has 0 N–H and O–H groups in total. The van der Waals surface area contributed by atoms with Gasteiger partial charge in [0.05, 0.1) is 10.0 Å². The van der Waals surface area contributed by atoms with Crippen molar-refractivity contribution < 1.29 is 17.2 Å². The molecule has 0 fully saturated rings. The molecule has 0 amide bonds. The molecular formula is C6Cl4F2O2S. The van der Waals surface area contributed by atoms with E-state index in [2.05, 4.69) is 0 Å². The van der Waals surface area contributed by atoms with E-state index in [0.29, 0.717) is 0 Å². The number of rotatable bonds is 1. The summed E-state index contributed by atoms with van der Waals surface area (Å²) in [7, 11) is 0.436. The van der Waals surface area contributed by atoms with Gasteiger partial charge in [-0.1, -0.05) is 34.8 Å². The average molecular weight is 316 g/mol. The van der Waals surface area contributed by atoms with Crippen LogP contribution >= 0.6 is 45.5 Å². The van der Waals surface area contributed by atoms with Gasteiger partial charge in [0.25, 0.3) is 9.05 Å². The summed E-state index contributed by atoms with van der Waals surface area (Å²) in [5.74, 6) is -2.86. The molecule has 2 nitrogen and oxygen atoms in total. The Hall–Kier alpha value is 0.190. The minimum absolute atomic E-state index is 0.943. The lowest BCUT2D eigenvalue weighted by atomic mass is 10.3. The van der Waals surface area contributed by atoms with Crippen molar-refractivity contribution >= 4 is 54.5 Å². The molecule has 0 aromatic heterocycles. The van der Waals surface area contributed by atoms with E-state index in [0.717, 1.165) is 0 Å². The number of hydrogen-bond acceptors (Lipinski definition) is 2. The van der Waals surface area contributed by atoms with E-state index in [1.54, 1.807) is 0 Å². The van der Waals surface area contributed by atoms with Crippen LogP contribution in [0.3, 0.4) is 0 Å². The van der Waals surface area contributed by atoms with E-state index in [1.807, 2.05) is 0 Å². The first-order valence-corrected chi connectivity index (χ1v) is 6.58. The molecule has 0 saturated carbocycles. The lowest BCUT2D eigenvalue weighted by molar-refractivity contribution is 0.572. The highest BCUT2D eigenvalue weighted by Gasteiger charge is 2.28. The summed E-state index contributed by atoms with van der Waals surface area (Å²) in [6, 6.07) is 0. The van der Waals surface area contributed by atoms with Crippen molar-refractivity contribution in [3.8, 4) is 0 Å². The summed E-state index contributed by atoms with van der Waals surface area (Å²) < 4.78 is 48.0. The predicted octanol–water partition coefficient (Wildman–Crippen LogP) is 3.85. The molecule has 0 aliphatic carbocycles. The Labute approximate surface area is 103 Å². The lowest BCUT2D eigenvalue weighted by Crippen LogP contribution is -2.00. The average Bonchev–Trinajstić information content (AvgIpc) is 2.09. The van der Waals surface area contributed by atoms with Crippen LogP contribution in [-0.2, 0) is 9.05 Å². The standard InChI is InChI=1S/C6Cl4F2O2S/c7-1-4(11)2(8)6(15(10,13)14)3(9)5(1)12. The number of hydrogen-bond donors (Lipinski definition) is 0. The summed E-state index contributed by atoms with van der Waals surface area (Å²) in [6.45, 7) is 0. The Balaban J connectivity index is 3.84. The van der Waals surface area contributed by atoms with E-state index in [1.165, 1.54) is 0 Å². The van der Waals surface area contributed by atoms with E-state index >= 15 is 0 Å². The fourth-order valence-corrected chi connectivity index (χ4v) is 3.43. The van der Waals surface area contributed by atoms with Crippen LogP contribution in [0.5, 0.6) is 0 Å². The Morgan fingerprint density at radius 3 is 1.47 bits per heavy atom. The number of halogens is 6. The summed E-state index contributed by atoms with van der Waals surface area (Å²) in [4.78, 5) is -1.04. The zero-order valence-corrected chi connectivity index (χ0v) is 10.3. The highest BCUT2D eigenvalue weighted by molar-refractivity contribution is 8.14. The maximum atomic E-state index is 13.1. The van der Waals surface area contributed by atoms with Crippen molar-refractivity contribution in [2.75, 3.05) is 0 Å². The van der Waals surface area contributed by atoms with Crippen molar-refractivity contribution in [3.63, 3.8) is 0 Å². The van der Waals surface area contributed by atoms with Gasteiger partial charge < -0.3 is 0 Å². The molecule has 0 spiro atoms. The van der Waals surface area contributed by atoms with E-state index < -0.39 is 40.6 Å². The van der Waals surface area contributed by atoms with Crippen LogP contribution in [0, 0.1) is 11.6 Å². The SMILES string of the molecule is O=S(=O)(Cl)c1c(Cl)c(F)c(Cl)c(F)c1Cl. The van der Waals surface area contributed by atoms with Crippen LogP contribution in [-0.4, -0.2) is 8.42 Å². The van der Waals surface area contributed by atoms with E-state index in [4.69, 9.17) is 45.5 Å². The Kier molecular flexibility index (Phi) is 3.73. The molecule has 0 radical (unpaired) electrons. The molecule has 0 aliphatic heterocycles. The molecule has 0 saturated heterocycles. The molecule has 1 aromatic rings. The van der Waals surface area contributed by atoms with Gasteiger partial charge in [-0.25, -0.2) is 17.2 Å². The second kappa shape index (κ2) is 4.22. The third kappa shape index (κ3) is 2.31. The quantitative estimate of drug-likeness (QED) is 0.448. The normalized spacial score (nSPS) is 11.9. The zero-order valence-electron chi connectivity index (χ0n) is 6.49. The summed E-state index contributed by atoms with van der Waals surface area (Å²) in [5.41, 5.74) is 0. The molecule has 9 heteroatoms. The minimum atomic E-state index is -4.46. The van der Waals surface area contributed by atoms with Gasteiger partial charge in [0.15, 0.2) is 11.6 Å². The van der Waals surface area contributed by atoms with Gasteiger partial charge in [-0.3, -0.25) is 0 Å². The maximum Gasteiger partial charge on any atom is 0.264 e. The van der Waals surface area contributed by atoms with Gasteiger partial charge in [0.2, 0.25) is 0 Å². The van der Waals surface area contributed by atoms with Crippen molar-refractivity contribution in [3.05, 3.63) is 26.7 Å². The first-order chi connectivity index (χ1) is 6.68. The molecule has 0 unspecified atom stereocenters. The highest BCUT2D eigenvalue weighted by Crippen LogP contribution is 2.39. The molecule has 1 aromatic carbocycles. The van der Waals surface area contributed by atoms with E-state index in [9.17, 15) is 17.2 Å². The molecule has 84 valence electrons. The van der Waals surface area contributed by atoms with Gasteiger partial charge in [0, 0.05) is 10.7 Å². The second-order valence-electron chi connectivity index (χ2n) is 2.34. The van der Waals surface area contributed by atoms with Crippen LogP contribution in [0.1, 0.15) is 0 Å². The lowest BCUT2D eigenvalue weighted by Gasteiger charge is -2.07. The Morgan fingerprint density at radius 2 is 1.20 bits per heavy atom. The van der Waals surface area contributed by atoms with Gasteiger partial charge in [-0.15, -0.1) is 0 Å². The molecular weight excluding hydrogens is 316 g/mol. The molecule has 0 bridgehead atoms. The molecule has 0 aliphatic rings. The third-order valence-electron chi connectivity index (χ3n) is 1.41. The fourth-order valence-electron chi connectivity index (χ4n) is 0.799. The minimum Gasteiger partial charge on any atom is -0.207 e. The highest BCUT2D eigenvalue weighted by atomic mass is 35.7. The monoisotopic (exact) mass is 314 g/mol. The molecule has 15 heavy (non-hydrogen) atoms. The smallest absolute Gasteiger partial charge is 0.207 e. The second-order valence-corrected chi connectivity index (χ2v) is 5.97. The summed E-state index contributed by atoms with van der Waals surface area (Å²) in [6.07, 6.45) is 0. The van der Waals surface area contributed by atoms with Crippen molar-refractivity contribution in [1.29, 1.82) is 0 Å². The Morgan fingerprint density at radius 1 is 0.867 bits per heavy atom. The van der Waals surface area contributed by atoms with Crippen molar-refractivity contribution in [1.82, 2.24) is 0 Å². The van der Waals surface area contributed by atoms with Crippen LogP contribution in [0.2, 0.25) is 15.1 Å². The molecule has 0 heterocycles. The zero-order chi connectivity index (χ0) is 12.0. The number of benzene rings is 1. The first-order valence-electron chi connectivity index (χ1n) is 3.14. The first kappa shape index (κ1) is 13.3.